The molecule has 0 unspecified atom stereocenters. The SMILES string of the molecule is N=C(N)c1cccc(-c2csc(N)n2)c1. The van der Waals surface area contributed by atoms with Gasteiger partial charge in [0.2, 0.25) is 0 Å². The van der Waals surface area contributed by atoms with E-state index in [-0.39, 0.29) is 5.84 Å². The highest BCUT2D eigenvalue weighted by atomic mass is 32.1. The second-order valence-corrected chi connectivity index (χ2v) is 3.96. The first-order chi connectivity index (χ1) is 7.16. The number of nitrogen functional groups attached to an aromatic ring is 2. The number of rotatable bonds is 2. The van der Waals surface area contributed by atoms with Crippen molar-refractivity contribution in [1.82, 2.24) is 4.98 Å². The fourth-order valence-corrected chi connectivity index (χ4v) is 1.84. The van der Waals surface area contributed by atoms with Gasteiger partial charge in [-0.25, -0.2) is 4.98 Å². The summed E-state index contributed by atoms with van der Waals surface area (Å²) in [5.41, 5.74) is 13.4. The van der Waals surface area contributed by atoms with Crippen LogP contribution in [0.5, 0.6) is 0 Å². The van der Waals surface area contributed by atoms with Crippen LogP contribution in [-0.4, -0.2) is 10.8 Å². The lowest BCUT2D eigenvalue weighted by Crippen LogP contribution is -2.10. The van der Waals surface area contributed by atoms with Gasteiger partial charge in [0.05, 0.1) is 5.69 Å². The van der Waals surface area contributed by atoms with Gasteiger partial charge >= 0.3 is 0 Å². The number of anilines is 1. The quantitative estimate of drug-likeness (QED) is 0.529. The minimum atomic E-state index is 0.0556. The van der Waals surface area contributed by atoms with E-state index >= 15 is 0 Å². The Morgan fingerprint density at radius 1 is 1.40 bits per heavy atom. The van der Waals surface area contributed by atoms with Crippen molar-refractivity contribution >= 4 is 22.3 Å². The topological polar surface area (TPSA) is 88.8 Å². The average Bonchev–Trinajstić information content (AvgIpc) is 2.65. The first-order valence-corrected chi connectivity index (χ1v) is 5.20. The number of aromatic nitrogens is 1. The Morgan fingerprint density at radius 3 is 2.80 bits per heavy atom. The molecular weight excluding hydrogens is 208 g/mol. The number of amidine groups is 1. The first-order valence-electron chi connectivity index (χ1n) is 4.32. The molecule has 0 aliphatic carbocycles. The summed E-state index contributed by atoms with van der Waals surface area (Å²) in [6.45, 7) is 0. The molecule has 5 N–H and O–H groups in total. The largest absolute Gasteiger partial charge is 0.384 e. The molecule has 0 spiro atoms. The monoisotopic (exact) mass is 218 g/mol. The molecule has 15 heavy (non-hydrogen) atoms. The molecular formula is C10H10N4S. The smallest absolute Gasteiger partial charge is 0.180 e. The molecule has 0 bridgehead atoms. The summed E-state index contributed by atoms with van der Waals surface area (Å²) in [5.74, 6) is 0.0556. The van der Waals surface area contributed by atoms with Crippen molar-refractivity contribution in [1.29, 1.82) is 5.41 Å². The van der Waals surface area contributed by atoms with Gasteiger partial charge < -0.3 is 11.5 Å². The van der Waals surface area contributed by atoms with E-state index in [1.165, 1.54) is 11.3 Å². The van der Waals surface area contributed by atoms with Gasteiger partial charge in [-0.15, -0.1) is 11.3 Å². The van der Waals surface area contributed by atoms with Gasteiger partial charge in [0.15, 0.2) is 5.13 Å². The van der Waals surface area contributed by atoms with Gasteiger partial charge in [-0.1, -0.05) is 18.2 Å². The maximum Gasteiger partial charge on any atom is 0.180 e. The molecule has 0 saturated carbocycles. The summed E-state index contributed by atoms with van der Waals surface area (Å²) < 4.78 is 0. The van der Waals surface area contributed by atoms with Crippen molar-refractivity contribution in [3.05, 3.63) is 35.2 Å². The van der Waals surface area contributed by atoms with Crippen molar-refractivity contribution < 1.29 is 0 Å². The molecule has 5 heteroatoms. The fourth-order valence-electron chi connectivity index (χ4n) is 1.27. The second kappa shape index (κ2) is 3.70. The van der Waals surface area contributed by atoms with Crippen LogP contribution in [0.2, 0.25) is 0 Å². The predicted molar refractivity (Wildman–Crippen MR) is 63.0 cm³/mol. The van der Waals surface area contributed by atoms with Crippen molar-refractivity contribution in [3.63, 3.8) is 0 Å². The summed E-state index contributed by atoms with van der Waals surface area (Å²) in [6.07, 6.45) is 0. The van der Waals surface area contributed by atoms with E-state index in [4.69, 9.17) is 16.9 Å². The summed E-state index contributed by atoms with van der Waals surface area (Å²) in [6, 6.07) is 7.39. The van der Waals surface area contributed by atoms with E-state index < -0.39 is 0 Å². The fraction of sp³-hybridized carbons (Fsp3) is 0. The van der Waals surface area contributed by atoms with Crippen molar-refractivity contribution in [3.8, 4) is 11.3 Å². The Bertz CT molecular complexity index is 504. The van der Waals surface area contributed by atoms with Crippen molar-refractivity contribution in [2.75, 3.05) is 5.73 Å². The van der Waals surface area contributed by atoms with Crippen LogP contribution in [0.15, 0.2) is 29.6 Å². The Hall–Kier alpha value is -1.88. The third-order valence-corrected chi connectivity index (χ3v) is 2.67. The molecule has 0 aliphatic heterocycles. The van der Waals surface area contributed by atoms with Crippen molar-refractivity contribution in [2.45, 2.75) is 0 Å². The van der Waals surface area contributed by atoms with Gasteiger partial charge in [-0.3, -0.25) is 5.41 Å². The second-order valence-electron chi connectivity index (χ2n) is 3.07. The third-order valence-electron chi connectivity index (χ3n) is 1.99. The Labute approximate surface area is 91.1 Å². The molecule has 76 valence electrons. The van der Waals surface area contributed by atoms with Gasteiger partial charge in [0.25, 0.3) is 0 Å². The molecule has 2 aromatic rings. The van der Waals surface area contributed by atoms with Crippen LogP contribution in [0.3, 0.4) is 0 Å². The zero-order valence-corrected chi connectivity index (χ0v) is 8.71. The van der Waals surface area contributed by atoms with E-state index in [1.807, 2.05) is 23.6 Å². The lowest BCUT2D eigenvalue weighted by atomic mass is 10.1. The van der Waals surface area contributed by atoms with Crippen LogP contribution in [0.1, 0.15) is 5.56 Å². The predicted octanol–water partition coefficient (Wildman–Crippen LogP) is 1.68. The molecule has 1 aromatic heterocycles. The highest BCUT2D eigenvalue weighted by Crippen LogP contribution is 2.23. The Morgan fingerprint density at radius 2 is 2.20 bits per heavy atom. The van der Waals surface area contributed by atoms with Gasteiger partial charge in [-0.05, 0) is 6.07 Å². The van der Waals surface area contributed by atoms with Crippen LogP contribution in [0.25, 0.3) is 11.3 Å². The van der Waals surface area contributed by atoms with Crippen LogP contribution in [-0.2, 0) is 0 Å². The first kappa shape index (κ1) is 9.67. The molecule has 0 saturated heterocycles. The molecule has 1 aromatic carbocycles. The lowest BCUT2D eigenvalue weighted by molar-refractivity contribution is 1.39. The molecule has 0 aliphatic rings. The minimum Gasteiger partial charge on any atom is -0.384 e. The Kier molecular flexibility index (Phi) is 2.39. The number of hydrogen-bond acceptors (Lipinski definition) is 4. The van der Waals surface area contributed by atoms with Gasteiger partial charge in [0.1, 0.15) is 5.84 Å². The van der Waals surface area contributed by atoms with Crippen molar-refractivity contribution in [2.24, 2.45) is 5.73 Å². The molecule has 0 atom stereocenters. The summed E-state index contributed by atoms with van der Waals surface area (Å²) in [5, 5.41) is 9.76. The van der Waals surface area contributed by atoms with Crippen LogP contribution >= 0.6 is 11.3 Å². The third kappa shape index (κ3) is 1.97. The van der Waals surface area contributed by atoms with Crippen LogP contribution < -0.4 is 11.5 Å². The number of nitrogens with one attached hydrogen (secondary N) is 1. The molecule has 4 nitrogen and oxygen atoms in total. The summed E-state index contributed by atoms with van der Waals surface area (Å²) in [7, 11) is 0. The molecule has 0 radical (unpaired) electrons. The zero-order chi connectivity index (χ0) is 10.8. The summed E-state index contributed by atoms with van der Waals surface area (Å²) >= 11 is 1.40. The molecule has 0 fully saturated rings. The highest BCUT2D eigenvalue weighted by molar-refractivity contribution is 7.13. The average molecular weight is 218 g/mol. The molecule has 1 heterocycles. The van der Waals surface area contributed by atoms with E-state index in [1.54, 1.807) is 6.07 Å². The standard InChI is InChI=1S/C10H10N4S/c11-9(12)7-3-1-2-6(4-7)8-5-15-10(13)14-8/h1-5H,(H3,11,12)(H2,13,14). The number of hydrogen-bond donors (Lipinski definition) is 3. The number of thiazole rings is 1. The molecule has 2 rings (SSSR count). The van der Waals surface area contributed by atoms with Crippen LogP contribution in [0.4, 0.5) is 5.13 Å². The minimum absolute atomic E-state index is 0.0556. The maximum atomic E-state index is 7.34. The van der Waals surface area contributed by atoms with Gasteiger partial charge in [-0.2, -0.15) is 0 Å². The highest BCUT2D eigenvalue weighted by Gasteiger charge is 2.04. The van der Waals surface area contributed by atoms with E-state index in [2.05, 4.69) is 4.98 Å². The van der Waals surface area contributed by atoms with E-state index in [9.17, 15) is 0 Å². The van der Waals surface area contributed by atoms with Crippen LogP contribution in [0, 0.1) is 5.41 Å². The summed E-state index contributed by atoms with van der Waals surface area (Å²) in [4.78, 5) is 4.17. The van der Waals surface area contributed by atoms with Gasteiger partial charge in [0, 0.05) is 16.5 Å². The zero-order valence-electron chi connectivity index (χ0n) is 7.90. The number of nitrogens with two attached hydrogens (primary N) is 2. The van der Waals surface area contributed by atoms with E-state index in [0.717, 1.165) is 11.3 Å². The number of nitrogens with zero attached hydrogens (tertiary/aromatic N) is 1. The number of benzene rings is 1. The van der Waals surface area contributed by atoms with E-state index in [0.29, 0.717) is 10.7 Å². The normalized spacial score (nSPS) is 10.1. The maximum absolute atomic E-state index is 7.34. The molecule has 0 amide bonds. The lowest BCUT2D eigenvalue weighted by Gasteiger charge is -2.00. The Balaban J connectivity index is 2.45.